The van der Waals surface area contributed by atoms with Gasteiger partial charge in [0.15, 0.2) is 18.1 Å². The van der Waals surface area contributed by atoms with Gasteiger partial charge in [-0.3, -0.25) is 4.79 Å². The molecule has 0 unspecified atom stereocenters. The molecule has 1 saturated carbocycles. The van der Waals surface area contributed by atoms with Crippen LogP contribution in [0.15, 0.2) is 12.1 Å². The van der Waals surface area contributed by atoms with Crippen LogP contribution in [-0.2, 0) is 11.2 Å². The number of nitrogens with one attached hydrogen (secondary N) is 1. The molecule has 0 spiro atoms. The second-order valence-electron chi connectivity index (χ2n) is 4.78. The van der Waals surface area contributed by atoms with E-state index in [1.54, 1.807) is 6.07 Å². The van der Waals surface area contributed by atoms with Gasteiger partial charge in [0.2, 0.25) is 0 Å². The molecule has 0 aliphatic heterocycles. The van der Waals surface area contributed by atoms with Crippen molar-refractivity contribution in [2.45, 2.75) is 25.3 Å². The van der Waals surface area contributed by atoms with Gasteiger partial charge in [0.1, 0.15) is 0 Å². The van der Waals surface area contributed by atoms with E-state index in [4.69, 9.17) is 26.8 Å². The minimum atomic E-state index is -0.142. The zero-order chi connectivity index (χ0) is 14.5. The molecule has 6 heteroatoms. The molecule has 0 radical (unpaired) electrons. The maximum atomic E-state index is 11.6. The Hall–Kier alpha value is -1.46. The topological polar surface area (TPSA) is 73.6 Å². The number of nitrogens with two attached hydrogens (primary N) is 1. The Labute approximate surface area is 123 Å². The van der Waals surface area contributed by atoms with Crippen molar-refractivity contribution >= 4 is 17.5 Å². The predicted octanol–water partition coefficient (Wildman–Crippen LogP) is 1.51. The quantitative estimate of drug-likeness (QED) is 0.800. The first-order chi connectivity index (χ1) is 9.63. The predicted molar refractivity (Wildman–Crippen MR) is 77.4 cm³/mol. The molecule has 1 aliphatic rings. The number of rotatable bonds is 7. The van der Waals surface area contributed by atoms with E-state index in [1.807, 2.05) is 6.07 Å². The Morgan fingerprint density at radius 1 is 1.50 bits per heavy atom. The third-order valence-electron chi connectivity index (χ3n) is 3.01. The van der Waals surface area contributed by atoms with Crippen LogP contribution in [0.2, 0.25) is 5.02 Å². The summed E-state index contributed by atoms with van der Waals surface area (Å²) in [6.07, 6.45) is 2.80. The average Bonchev–Trinajstić information content (AvgIpc) is 3.21. The first-order valence-electron chi connectivity index (χ1n) is 6.62. The zero-order valence-corrected chi connectivity index (χ0v) is 12.2. The molecule has 0 heterocycles. The normalized spacial score (nSPS) is 13.9. The largest absolute Gasteiger partial charge is 0.493 e. The van der Waals surface area contributed by atoms with Gasteiger partial charge in [-0.2, -0.15) is 0 Å². The molecule has 3 N–H and O–H groups in total. The molecule has 20 heavy (non-hydrogen) atoms. The first-order valence-corrected chi connectivity index (χ1v) is 7.00. The van der Waals surface area contributed by atoms with Gasteiger partial charge in [0.25, 0.3) is 5.91 Å². The monoisotopic (exact) mass is 298 g/mol. The van der Waals surface area contributed by atoms with E-state index in [0.717, 1.165) is 18.4 Å². The fourth-order valence-electron chi connectivity index (χ4n) is 1.86. The number of methoxy groups -OCH3 is 1. The Bertz CT molecular complexity index is 490. The van der Waals surface area contributed by atoms with E-state index < -0.39 is 0 Å². The lowest BCUT2D eigenvalue weighted by atomic mass is 10.1. The van der Waals surface area contributed by atoms with Gasteiger partial charge in [-0.25, -0.2) is 0 Å². The summed E-state index contributed by atoms with van der Waals surface area (Å²) in [7, 11) is 1.54. The Balaban J connectivity index is 2.03. The highest BCUT2D eigenvalue weighted by Crippen LogP contribution is 2.36. The molecule has 0 bridgehead atoms. The van der Waals surface area contributed by atoms with Crippen LogP contribution in [-0.4, -0.2) is 32.2 Å². The van der Waals surface area contributed by atoms with Gasteiger partial charge in [0, 0.05) is 6.04 Å². The maximum absolute atomic E-state index is 11.6. The van der Waals surface area contributed by atoms with Gasteiger partial charge in [-0.1, -0.05) is 11.6 Å². The standard InChI is InChI=1S/C14H19ClN2O3/c1-19-12-7-9(4-5-16)6-11(15)14(12)20-8-13(18)17-10-2-3-10/h6-7,10H,2-5,8,16H2,1H3,(H,17,18). The van der Waals surface area contributed by atoms with Crippen LogP contribution in [0.3, 0.4) is 0 Å². The average molecular weight is 299 g/mol. The van der Waals surface area contributed by atoms with Gasteiger partial charge in [-0.15, -0.1) is 0 Å². The summed E-state index contributed by atoms with van der Waals surface area (Å²) in [6.45, 7) is 0.465. The van der Waals surface area contributed by atoms with E-state index in [9.17, 15) is 4.79 Å². The van der Waals surface area contributed by atoms with E-state index in [-0.39, 0.29) is 12.5 Å². The van der Waals surface area contributed by atoms with E-state index >= 15 is 0 Å². The van der Waals surface area contributed by atoms with Crippen LogP contribution in [0.4, 0.5) is 0 Å². The van der Waals surface area contributed by atoms with Crippen molar-refractivity contribution in [2.75, 3.05) is 20.3 Å². The van der Waals surface area contributed by atoms with Crippen molar-refractivity contribution in [2.24, 2.45) is 5.73 Å². The Kier molecular flexibility index (Phi) is 5.09. The summed E-state index contributed by atoms with van der Waals surface area (Å²) < 4.78 is 10.7. The highest BCUT2D eigenvalue weighted by Gasteiger charge is 2.23. The summed E-state index contributed by atoms with van der Waals surface area (Å²) in [4.78, 5) is 11.6. The summed E-state index contributed by atoms with van der Waals surface area (Å²) in [5, 5.41) is 3.27. The fraction of sp³-hybridized carbons (Fsp3) is 0.500. The number of hydrogen-bond acceptors (Lipinski definition) is 4. The molecule has 2 rings (SSSR count). The minimum Gasteiger partial charge on any atom is -0.493 e. The number of ether oxygens (including phenoxy) is 2. The first kappa shape index (κ1) is 14.9. The van der Waals surface area contributed by atoms with Gasteiger partial charge >= 0.3 is 0 Å². The molecular weight excluding hydrogens is 280 g/mol. The van der Waals surface area contributed by atoms with Crippen molar-refractivity contribution in [1.29, 1.82) is 0 Å². The van der Waals surface area contributed by atoms with Crippen LogP contribution < -0.4 is 20.5 Å². The molecule has 1 fully saturated rings. The fourth-order valence-corrected chi connectivity index (χ4v) is 2.15. The van der Waals surface area contributed by atoms with E-state index in [1.165, 1.54) is 7.11 Å². The maximum Gasteiger partial charge on any atom is 0.258 e. The summed E-state index contributed by atoms with van der Waals surface area (Å²) in [5.74, 6) is 0.762. The highest BCUT2D eigenvalue weighted by molar-refractivity contribution is 6.32. The Morgan fingerprint density at radius 3 is 2.85 bits per heavy atom. The number of hydrogen-bond donors (Lipinski definition) is 2. The SMILES string of the molecule is COc1cc(CCN)cc(Cl)c1OCC(=O)NC1CC1. The molecule has 5 nitrogen and oxygen atoms in total. The third kappa shape index (κ3) is 4.02. The summed E-state index contributed by atoms with van der Waals surface area (Å²) >= 11 is 6.17. The van der Waals surface area contributed by atoms with Crippen molar-refractivity contribution in [3.05, 3.63) is 22.7 Å². The number of halogens is 1. The summed E-state index contributed by atoms with van der Waals surface area (Å²) in [6, 6.07) is 3.92. The van der Waals surface area contributed by atoms with Crippen LogP contribution in [0.5, 0.6) is 11.5 Å². The van der Waals surface area contributed by atoms with Crippen LogP contribution in [0.25, 0.3) is 0 Å². The number of benzene rings is 1. The molecule has 0 aromatic heterocycles. The second kappa shape index (κ2) is 6.81. The molecule has 110 valence electrons. The summed E-state index contributed by atoms with van der Waals surface area (Å²) in [5.41, 5.74) is 6.50. The zero-order valence-electron chi connectivity index (χ0n) is 11.4. The van der Waals surface area contributed by atoms with Gasteiger partial charge in [0.05, 0.1) is 12.1 Å². The lowest BCUT2D eigenvalue weighted by Gasteiger charge is -2.14. The van der Waals surface area contributed by atoms with Crippen LogP contribution >= 0.6 is 11.6 Å². The molecule has 1 aromatic carbocycles. The molecule has 0 saturated heterocycles. The van der Waals surface area contributed by atoms with Crippen molar-refractivity contribution in [3.8, 4) is 11.5 Å². The molecule has 1 amide bonds. The van der Waals surface area contributed by atoms with Gasteiger partial charge in [-0.05, 0) is 43.5 Å². The molecule has 1 aromatic rings. The highest BCUT2D eigenvalue weighted by atomic mass is 35.5. The van der Waals surface area contributed by atoms with Crippen molar-refractivity contribution in [3.63, 3.8) is 0 Å². The van der Waals surface area contributed by atoms with Crippen LogP contribution in [0, 0.1) is 0 Å². The molecule has 0 atom stereocenters. The molecular formula is C14H19ClN2O3. The number of carbonyl (C=O) groups is 1. The second-order valence-corrected chi connectivity index (χ2v) is 5.19. The van der Waals surface area contributed by atoms with Crippen LogP contribution in [0.1, 0.15) is 18.4 Å². The number of carbonyl (C=O) groups excluding carboxylic acids is 1. The van der Waals surface area contributed by atoms with E-state index in [0.29, 0.717) is 35.5 Å². The minimum absolute atomic E-state index is 0.0667. The third-order valence-corrected chi connectivity index (χ3v) is 3.29. The van der Waals surface area contributed by atoms with Crippen molar-refractivity contribution in [1.82, 2.24) is 5.32 Å². The Morgan fingerprint density at radius 2 is 2.25 bits per heavy atom. The van der Waals surface area contributed by atoms with Crippen molar-refractivity contribution < 1.29 is 14.3 Å². The lowest BCUT2D eigenvalue weighted by molar-refractivity contribution is -0.123. The van der Waals surface area contributed by atoms with Gasteiger partial charge < -0.3 is 20.5 Å². The lowest BCUT2D eigenvalue weighted by Crippen LogP contribution is -2.30. The molecule has 1 aliphatic carbocycles. The van der Waals surface area contributed by atoms with E-state index in [2.05, 4.69) is 5.32 Å². The number of amides is 1. The smallest absolute Gasteiger partial charge is 0.258 e.